The van der Waals surface area contributed by atoms with Gasteiger partial charge in [-0.3, -0.25) is 9.48 Å². The molecule has 130 valence electrons. The number of hydrogen-bond acceptors (Lipinski definition) is 4. The predicted molar refractivity (Wildman–Crippen MR) is 96.5 cm³/mol. The summed E-state index contributed by atoms with van der Waals surface area (Å²) in [6.07, 6.45) is 8.13. The van der Waals surface area contributed by atoms with Gasteiger partial charge in [-0.2, -0.15) is 5.10 Å². The zero-order valence-electron chi connectivity index (χ0n) is 14.7. The van der Waals surface area contributed by atoms with E-state index < -0.39 is 0 Å². The molecule has 1 saturated heterocycles. The van der Waals surface area contributed by atoms with Crippen molar-refractivity contribution in [3.63, 3.8) is 0 Å². The van der Waals surface area contributed by atoms with Gasteiger partial charge >= 0.3 is 0 Å². The summed E-state index contributed by atoms with van der Waals surface area (Å²) >= 11 is 1.57. The van der Waals surface area contributed by atoms with E-state index >= 15 is 0 Å². The number of hydrogen-bond donors (Lipinski definition) is 0. The first-order chi connectivity index (χ1) is 11.6. The molecule has 0 saturated carbocycles. The Morgan fingerprint density at radius 1 is 1.42 bits per heavy atom. The van der Waals surface area contributed by atoms with Crippen LogP contribution in [0, 0.1) is 6.92 Å². The lowest BCUT2D eigenvalue weighted by molar-refractivity contribution is 0.0598. The molecule has 1 aliphatic heterocycles. The fourth-order valence-corrected chi connectivity index (χ4v) is 4.30. The molecule has 24 heavy (non-hydrogen) atoms. The van der Waals surface area contributed by atoms with Crippen LogP contribution in [-0.4, -0.2) is 38.2 Å². The lowest BCUT2D eigenvalue weighted by Crippen LogP contribution is -2.44. The molecule has 0 N–H and O–H groups in total. The molecule has 1 amide bonds. The Balaban J connectivity index is 1.73. The maximum atomic E-state index is 13.1. The molecule has 2 aromatic rings. The Bertz CT molecular complexity index is 677. The summed E-state index contributed by atoms with van der Waals surface area (Å²) < 4.78 is 1.95. The van der Waals surface area contributed by atoms with Crippen molar-refractivity contribution in [2.24, 2.45) is 0 Å². The minimum atomic E-state index is 0.169. The van der Waals surface area contributed by atoms with Crippen molar-refractivity contribution in [3.8, 4) is 0 Å². The van der Waals surface area contributed by atoms with Crippen molar-refractivity contribution in [2.75, 3.05) is 6.54 Å². The summed E-state index contributed by atoms with van der Waals surface area (Å²) in [5.74, 6) is 0.536. The Kier molecular flexibility index (Phi) is 5.33. The standard InChI is InChI=1S/C18H26N4OS/c1-13(2)17-20-14(3)16(24-17)18(23)22-11-5-4-7-15(22)8-12-21-10-6-9-19-21/h6,9-10,13,15H,4-5,7-8,11-12H2,1-3H3. The molecule has 2 aromatic heterocycles. The number of likely N-dealkylation sites (tertiary alicyclic amines) is 1. The molecule has 0 radical (unpaired) electrons. The number of aryl methyl sites for hydroxylation is 2. The number of carbonyl (C=O) groups is 1. The van der Waals surface area contributed by atoms with E-state index in [-0.39, 0.29) is 5.91 Å². The molecule has 6 heteroatoms. The maximum Gasteiger partial charge on any atom is 0.266 e. The van der Waals surface area contributed by atoms with E-state index in [1.165, 1.54) is 6.42 Å². The number of amides is 1. The first kappa shape index (κ1) is 17.1. The van der Waals surface area contributed by atoms with E-state index in [2.05, 4.69) is 28.8 Å². The normalized spacial score (nSPS) is 18.3. The first-order valence-electron chi connectivity index (χ1n) is 8.82. The van der Waals surface area contributed by atoms with Crippen LogP contribution < -0.4 is 0 Å². The highest BCUT2D eigenvalue weighted by Crippen LogP contribution is 2.29. The van der Waals surface area contributed by atoms with Crippen molar-refractivity contribution in [1.82, 2.24) is 19.7 Å². The van der Waals surface area contributed by atoms with Gasteiger partial charge in [0.2, 0.25) is 0 Å². The summed E-state index contributed by atoms with van der Waals surface area (Å²) in [5, 5.41) is 5.33. The van der Waals surface area contributed by atoms with Gasteiger partial charge in [-0.05, 0) is 38.7 Å². The minimum absolute atomic E-state index is 0.169. The van der Waals surface area contributed by atoms with Crippen molar-refractivity contribution < 1.29 is 4.79 Å². The van der Waals surface area contributed by atoms with Crippen LogP contribution in [0.3, 0.4) is 0 Å². The smallest absolute Gasteiger partial charge is 0.266 e. The minimum Gasteiger partial charge on any atom is -0.335 e. The van der Waals surface area contributed by atoms with Crippen LogP contribution in [0.5, 0.6) is 0 Å². The van der Waals surface area contributed by atoms with Crippen LogP contribution in [0.1, 0.15) is 65.8 Å². The van der Waals surface area contributed by atoms with Gasteiger partial charge in [0.05, 0.1) is 10.7 Å². The summed E-state index contributed by atoms with van der Waals surface area (Å²) in [5.41, 5.74) is 0.880. The number of nitrogens with zero attached hydrogens (tertiary/aromatic N) is 4. The molecular formula is C18H26N4OS. The third-order valence-corrected chi connectivity index (χ3v) is 6.09. The highest BCUT2D eigenvalue weighted by Gasteiger charge is 2.30. The quantitative estimate of drug-likeness (QED) is 0.826. The van der Waals surface area contributed by atoms with E-state index in [1.807, 2.05) is 23.9 Å². The van der Waals surface area contributed by atoms with E-state index in [1.54, 1.807) is 17.5 Å². The Labute approximate surface area is 147 Å². The maximum absolute atomic E-state index is 13.1. The second-order valence-corrected chi connectivity index (χ2v) is 7.86. The van der Waals surface area contributed by atoms with Crippen LogP contribution in [0.25, 0.3) is 0 Å². The first-order valence-corrected chi connectivity index (χ1v) is 9.63. The Morgan fingerprint density at radius 3 is 2.92 bits per heavy atom. The third kappa shape index (κ3) is 3.69. The van der Waals surface area contributed by atoms with Crippen LogP contribution >= 0.6 is 11.3 Å². The number of carbonyl (C=O) groups excluding carboxylic acids is 1. The average molecular weight is 346 g/mol. The van der Waals surface area contributed by atoms with Gasteiger partial charge in [-0.15, -0.1) is 11.3 Å². The summed E-state index contributed by atoms with van der Waals surface area (Å²) in [7, 11) is 0. The van der Waals surface area contributed by atoms with Gasteiger partial charge < -0.3 is 4.90 Å². The average Bonchev–Trinajstić information content (AvgIpc) is 3.22. The largest absolute Gasteiger partial charge is 0.335 e. The highest BCUT2D eigenvalue weighted by atomic mass is 32.1. The SMILES string of the molecule is Cc1nc(C(C)C)sc1C(=O)N1CCCCC1CCn1cccn1. The molecule has 3 rings (SSSR count). The monoisotopic (exact) mass is 346 g/mol. The summed E-state index contributed by atoms with van der Waals surface area (Å²) in [6.45, 7) is 7.93. The number of thiazole rings is 1. The molecular weight excluding hydrogens is 320 g/mol. The van der Waals surface area contributed by atoms with Gasteiger partial charge in [0.1, 0.15) is 4.88 Å². The third-order valence-electron chi connectivity index (χ3n) is 4.64. The second kappa shape index (κ2) is 7.47. The molecule has 1 aliphatic rings. The molecule has 1 unspecified atom stereocenters. The zero-order chi connectivity index (χ0) is 17.1. The number of rotatable bonds is 5. The molecule has 0 aliphatic carbocycles. The molecule has 5 nitrogen and oxygen atoms in total. The fraction of sp³-hybridized carbons (Fsp3) is 0.611. The van der Waals surface area contributed by atoms with Gasteiger partial charge in [0, 0.05) is 37.4 Å². The van der Waals surface area contributed by atoms with E-state index in [9.17, 15) is 4.79 Å². The summed E-state index contributed by atoms with van der Waals surface area (Å²) in [4.78, 5) is 20.6. The van der Waals surface area contributed by atoms with Crippen LogP contribution in [0.2, 0.25) is 0 Å². The molecule has 0 bridgehead atoms. The Morgan fingerprint density at radius 2 is 2.25 bits per heavy atom. The van der Waals surface area contributed by atoms with Gasteiger partial charge in [-0.25, -0.2) is 4.98 Å². The predicted octanol–water partition coefficient (Wildman–Crippen LogP) is 3.86. The van der Waals surface area contributed by atoms with E-state index in [4.69, 9.17) is 0 Å². The van der Waals surface area contributed by atoms with Crippen LogP contribution in [0.4, 0.5) is 0 Å². The van der Waals surface area contributed by atoms with Crippen molar-refractivity contribution >= 4 is 17.2 Å². The molecule has 3 heterocycles. The van der Waals surface area contributed by atoms with E-state index in [0.29, 0.717) is 12.0 Å². The topological polar surface area (TPSA) is 51.0 Å². The van der Waals surface area contributed by atoms with Crippen molar-refractivity contribution in [2.45, 2.75) is 65.0 Å². The molecule has 0 aromatic carbocycles. The highest BCUT2D eigenvalue weighted by molar-refractivity contribution is 7.13. The number of piperidine rings is 1. The molecule has 1 fully saturated rings. The van der Waals surface area contributed by atoms with Crippen molar-refractivity contribution in [1.29, 1.82) is 0 Å². The van der Waals surface area contributed by atoms with Gasteiger partial charge in [0.25, 0.3) is 5.91 Å². The zero-order valence-corrected chi connectivity index (χ0v) is 15.6. The lowest BCUT2D eigenvalue weighted by atomic mass is 9.99. The second-order valence-electron chi connectivity index (χ2n) is 6.83. The van der Waals surface area contributed by atoms with Crippen LogP contribution in [0.15, 0.2) is 18.5 Å². The molecule has 0 spiro atoms. The fourth-order valence-electron chi connectivity index (χ4n) is 3.28. The van der Waals surface area contributed by atoms with Crippen molar-refractivity contribution in [3.05, 3.63) is 34.0 Å². The summed E-state index contributed by atoms with van der Waals surface area (Å²) in [6, 6.07) is 2.25. The van der Waals surface area contributed by atoms with Gasteiger partial charge in [-0.1, -0.05) is 13.8 Å². The van der Waals surface area contributed by atoms with Crippen LogP contribution in [-0.2, 0) is 6.54 Å². The van der Waals surface area contributed by atoms with Gasteiger partial charge in [0.15, 0.2) is 0 Å². The lowest BCUT2D eigenvalue weighted by Gasteiger charge is -2.35. The number of aromatic nitrogens is 3. The Hall–Kier alpha value is -1.69. The molecule has 1 atom stereocenters. The van der Waals surface area contributed by atoms with E-state index in [0.717, 1.165) is 47.9 Å².